The summed E-state index contributed by atoms with van der Waals surface area (Å²) < 4.78 is 4.72. The van der Waals surface area contributed by atoms with Crippen LogP contribution in [0.3, 0.4) is 0 Å². The number of hydrogen-bond donors (Lipinski definition) is 1. The average Bonchev–Trinajstić information content (AvgIpc) is 2.31. The zero-order chi connectivity index (χ0) is 13.0. The second-order valence-corrected chi connectivity index (χ2v) is 5.68. The van der Waals surface area contributed by atoms with E-state index in [-0.39, 0.29) is 17.1 Å². The van der Waals surface area contributed by atoms with E-state index in [0.29, 0.717) is 10.7 Å². The fourth-order valence-electron chi connectivity index (χ4n) is 1.28. The molecule has 0 aliphatic heterocycles. The number of thioether (sulfide) groups is 1. The van der Waals surface area contributed by atoms with Crippen LogP contribution < -0.4 is 5.73 Å². The second-order valence-electron chi connectivity index (χ2n) is 3.82. The van der Waals surface area contributed by atoms with Crippen LogP contribution in [0, 0.1) is 5.92 Å². The summed E-state index contributed by atoms with van der Waals surface area (Å²) in [5, 5.41) is 0.648. The minimum atomic E-state index is -0.202. The minimum Gasteiger partial charge on any atom is -0.469 e. The lowest BCUT2D eigenvalue weighted by Gasteiger charge is -2.17. The maximum atomic E-state index is 11.4. The summed E-state index contributed by atoms with van der Waals surface area (Å²) in [4.78, 5) is 12.4. The van der Waals surface area contributed by atoms with Gasteiger partial charge < -0.3 is 10.5 Å². The molecule has 0 saturated carbocycles. The van der Waals surface area contributed by atoms with Crippen molar-refractivity contribution in [2.24, 2.45) is 5.92 Å². The number of nitrogens with two attached hydrogens (primary N) is 1. The van der Waals surface area contributed by atoms with Gasteiger partial charge in [0, 0.05) is 10.1 Å². The van der Waals surface area contributed by atoms with E-state index in [9.17, 15) is 4.79 Å². The first-order valence-electron chi connectivity index (χ1n) is 5.25. The Morgan fingerprint density at radius 1 is 1.47 bits per heavy atom. The number of benzene rings is 1. The number of anilines is 1. The van der Waals surface area contributed by atoms with E-state index in [1.807, 2.05) is 26.0 Å². The van der Waals surface area contributed by atoms with Crippen molar-refractivity contribution in [3.8, 4) is 0 Å². The number of nitrogen functional groups attached to an aromatic ring is 1. The molecule has 1 rings (SSSR count). The molecule has 3 nitrogen and oxygen atoms in total. The highest BCUT2D eigenvalue weighted by atomic mass is 35.5. The van der Waals surface area contributed by atoms with Crippen molar-refractivity contribution in [3.63, 3.8) is 0 Å². The molecule has 0 aliphatic rings. The second kappa shape index (κ2) is 6.17. The van der Waals surface area contributed by atoms with Crippen molar-refractivity contribution >= 4 is 35.0 Å². The normalized spacial score (nSPS) is 14.1. The van der Waals surface area contributed by atoms with Crippen molar-refractivity contribution in [3.05, 3.63) is 23.2 Å². The molecule has 0 heterocycles. The molecule has 2 unspecified atom stereocenters. The van der Waals surface area contributed by atoms with Crippen LogP contribution in [-0.2, 0) is 9.53 Å². The molecular formula is C12H16ClNO2S. The molecule has 0 bridgehead atoms. The van der Waals surface area contributed by atoms with E-state index in [1.165, 1.54) is 7.11 Å². The molecule has 0 aliphatic carbocycles. The van der Waals surface area contributed by atoms with Crippen LogP contribution >= 0.6 is 23.4 Å². The Bertz CT molecular complexity index is 411. The van der Waals surface area contributed by atoms with Crippen LogP contribution in [-0.4, -0.2) is 18.3 Å². The number of carbonyl (C=O) groups excluding carboxylic acids is 1. The fraction of sp³-hybridized carbons (Fsp3) is 0.417. The lowest BCUT2D eigenvalue weighted by Crippen LogP contribution is -2.21. The highest BCUT2D eigenvalue weighted by molar-refractivity contribution is 8.00. The third-order valence-electron chi connectivity index (χ3n) is 2.57. The molecule has 0 saturated heterocycles. The predicted molar refractivity (Wildman–Crippen MR) is 72.4 cm³/mol. The summed E-state index contributed by atoms with van der Waals surface area (Å²) in [5.74, 6) is -0.368. The van der Waals surface area contributed by atoms with E-state index >= 15 is 0 Å². The molecular weight excluding hydrogens is 258 g/mol. The molecule has 0 amide bonds. The first-order valence-corrected chi connectivity index (χ1v) is 6.51. The Morgan fingerprint density at radius 2 is 2.12 bits per heavy atom. The summed E-state index contributed by atoms with van der Waals surface area (Å²) >= 11 is 7.51. The Balaban J connectivity index is 2.70. The molecule has 1 aromatic carbocycles. The van der Waals surface area contributed by atoms with Crippen molar-refractivity contribution in [1.82, 2.24) is 0 Å². The van der Waals surface area contributed by atoms with Gasteiger partial charge in [-0.2, -0.15) is 0 Å². The molecule has 94 valence electrons. The Labute approximate surface area is 111 Å². The number of ether oxygens (including phenoxy) is 1. The Morgan fingerprint density at radius 3 is 2.65 bits per heavy atom. The van der Waals surface area contributed by atoms with Gasteiger partial charge >= 0.3 is 5.97 Å². The molecule has 17 heavy (non-hydrogen) atoms. The summed E-state index contributed by atoms with van der Waals surface area (Å²) in [6.07, 6.45) is 0. The average molecular weight is 274 g/mol. The monoisotopic (exact) mass is 273 g/mol. The number of methoxy groups -OCH3 is 1. The van der Waals surface area contributed by atoms with E-state index in [1.54, 1.807) is 17.8 Å². The van der Waals surface area contributed by atoms with Crippen LogP contribution in [0.5, 0.6) is 0 Å². The number of rotatable bonds is 4. The van der Waals surface area contributed by atoms with Crippen molar-refractivity contribution in [2.75, 3.05) is 12.8 Å². The zero-order valence-electron chi connectivity index (χ0n) is 10.1. The fourth-order valence-corrected chi connectivity index (χ4v) is 2.60. The van der Waals surface area contributed by atoms with Gasteiger partial charge in [-0.05, 0) is 18.2 Å². The topological polar surface area (TPSA) is 52.3 Å². The number of esters is 1. The maximum Gasteiger partial charge on any atom is 0.309 e. The summed E-state index contributed by atoms with van der Waals surface area (Å²) in [6.45, 7) is 3.83. The van der Waals surface area contributed by atoms with Gasteiger partial charge in [-0.25, -0.2) is 0 Å². The third kappa shape index (κ3) is 3.82. The van der Waals surface area contributed by atoms with Gasteiger partial charge in [-0.15, -0.1) is 11.8 Å². The highest BCUT2D eigenvalue weighted by Gasteiger charge is 2.21. The smallest absolute Gasteiger partial charge is 0.309 e. The summed E-state index contributed by atoms with van der Waals surface area (Å²) in [5.41, 5.74) is 6.19. The Hall–Kier alpha value is -0.870. The van der Waals surface area contributed by atoms with Gasteiger partial charge in [0.05, 0.1) is 23.7 Å². The SMILES string of the molecule is COC(=O)C(C)C(C)Sc1ccc(N)c(Cl)c1. The first kappa shape index (κ1) is 14.2. The molecule has 0 fully saturated rings. The van der Waals surface area contributed by atoms with E-state index < -0.39 is 0 Å². The summed E-state index contributed by atoms with van der Waals surface area (Å²) in [6, 6.07) is 5.47. The van der Waals surface area contributed by atoms with Crippen LogP contribution in [0.25, 0.3) is 0 Å². The standard InChI is InChI=1S/C12H16ClNO2S/c1-7(12(15)16-3)8(2)17-9-4-5-11(14)10(13)6-9/h4-8H,14H2,1-3H3. The summed E-state index contributed by atoms with van der Waals surface area (Å²) in [7, 11) is 1.40. The minimum absolute atomic E-state index is 0.113. The van der Waals surface area contributed by atoms with E-state index in [2.05, 4.69) is 0 Å². The van der Waals surface area contributed by atoms with Crippen LogP contribution in [0.2, 0.25) is 5.02 Å². The van der Waals surface area contributed by atoms with Gasteiger partial charge in [0.25, 0.3) is 0 Å². The molecule has 0 radical (unpaired) electrons. The van der Waals surface area contributed by atoms with Crippen LogP contribution in [0.15, 0.2) is 23.1 Å². The number of halogens is 1. The molecule has 5 heteroatoms. The van der Waals surface area contributed by atoms with Gasteiger partial charge in [-0.1, -0.05) is 25.4 Å². The van der Waals surface area contributed by atoms with Gasteiger partial charge in [0.2, 0.25) is 0 Å². The highest BCUT2D eigenvalue weighted by Crippen LogP contribution is 2.32. The molecule has 2 N–H and O–H groups in total. The van der Waals surface area contributed by atoms with E-state index in [4.69, 9.17) is 22.1 Å². The van der Waals surface area contributed by atoms with Crippen molar-refractivity contribution in [2.45, 2.75) is 24.0 Å². The maximum absolute atomic E-state index is 11.4. The lowest BCUT2D eigenvalue weighted by molar-refractivity contribution is -0.144. The number of hydrogen-bond acceptors (Lipinski definition) is 4. The quantitative estimate of drug-likeness (QED) is 0.520. The van der Waals surface area contributed by atoms with Gasteiger partial charge in [0.15, 0.2) is 0 Å². The first-order chi connectivity index (χ1) is 7.95. The predicted octanol–water partition coefficient (Wildman–Crippen LogP) is 3.21. The van der Waals surface area contributed by atoms with Crippen molar-refractivity contribution in [1.29, 1.82) is 0 Å². The van der Waals surface area contributed by atoms with Crippen molar-refractivity contribution < 1.29 is 9.53 Å². The van der Waals surface area contributed by atoms with Crippen LogP contribution in [0.1, 0.15) is 13.8 Å². The van der Waals surface area contributed by atoms with Crippen LogP contribution in [0.4, 0.5) is 5.69 Å². The molecule has 1 aromatic rings. The third-order valence-corrected chi connectivity index (χ3v) is 4.20. The number of carbonyl (C=O) groups is 1. The molecule has 2 atom stereocenters. The lowest BCUT2D eigenvalue weighted by atomic mass is 10.1. The van der Waals surface area contributed by atoms with E-state index in [0.717, 1.165) is 4.90 Å². The Kier molecular flexibility index (Phi) is 5.15. The zero-order valence-corrected chi connectivity index (χ0v) is 11.6. The molecule has 0 aromatic heterocycles. The van der Waals surface area contributed by atoms with Gasteiger partial charge in [0.1, 0.15) is 0 Å². The largest absolute Gasteiger partial charge is 0.469 e. The van der Waals surface area contributed by atoms with Gasteiger partial charge in [-0.3, -0.25) is 4.79 Å². The molecule has 0 spiro atoms.